The van der Waals surface area contributed by atoms with Crippen molar-refractivity contribution < 1.29 is 0 Å². The maximum Gasteiger partial charge on any atom is 0.249 e. The first kappa shape index (κ1) is 14.8. The summed E-state index contributed by atoms with van der Waals surface area (Å²) in [6, 6.07) is 5.14. The molecule has 0 atom stereocenters. The number of rotatable bonds is 5. The van der Waals surface area contributed by atoms with Crippen LogP contribution in [0.4, 0.5) is 17.5 Å². The van der Waals surface area contributed by atoms with Crippen LogP contribution in [0.1, 0.15) is 13.8 Å². The van der Waals surface area contributed by atoms with E-state index in [0.29, 0.717) is 33.4 Å². The molecule has 0 spiro atoms. The third-order valence-corrected chi connectivity index (χ3v) is 2.99. The van der Waals surface area contributed by atoms with Gasteiger partial charge in [-0.25, -0.2) is 0 Å². The average Bonchev–Trinajstić information content (AvgIpc) is 2.41. The molecule has 0 saturated carbocycles. The highest BCUT2D eigenvalue weighted by Crippen LogP contribution is 2.27. The van der Waals surface area contributed by atoms with Crippen LogP contribution in [-0.4, -0.2) is 21.7 Å². The Labute approximate surface area is 127 Å². The zero-order valence-corrected chi connectivity index (χ0v) is 12.7. The van der Waals surface area contributed by atoms with E-state index >= 15 is 0 Å². The first-order valence-electron chi connectivity index (χ1n) is 6.20. The summed E-state index contributed by atoms with van der Waals surface area (Å²) in [5.41, 5.74) is 0.641. The van der Waals surface area contributed by atoms with Gasteiger partial charge in [0.2, 0.25) is 5.95 Å². The van der Waals surface area contributed by atoms with E-state index < -0.39 is 0 Å². The van der Waals surface area contributed by atoms with Crippen LogP contribution in [0.25, 0.3) is 0 Å². The first-order chi connectivity index (χ1) is 9.54. The third-order valence-electron chi connectivity index (χ3n) is 2.43. The Morgan fingerprint density at radius 1 is 1.25 bits per heavy atom. The summed E-state index contributed by atoms with van der Waals surface area (Å²) >= 11 is 12.0. The Hall–Kier alpha value is -1.59. The van der Waals surface area contributed by atoms with E-state index in [2.05, 4.69) is 39.7 Å². The van der Waals surface area contributed by atoms with Gasteiger partial charge in [-0.2, -0.15) is 10.1 Å². The number of nitrogens with zero attached hydrogens (tertiary/aromatic N) is 3. The van der Waals surface area contributed by atoms with Gasteiger partial charge in [0.1, 0.15) is 0 Å². The zero-order chi connectivity index (χ0) is 14.5. The van der Waals surface area contributed by atoms with Crippen molar-refractivity contribution in [3.63, 3.8) is 0 Å². The molecule has 1 aromatic heterocycles. The molecule has 2 rings (SSSR count). The average molecular weight is 312 g/mol. The van der Waals surface area contributed by atoms with Crippen LogP contribution in [0.3, 0.4) is 0 Å². The largest absolute Gasteiger partial charge is 0.368 e. The molecule has 2 aromatic rings. The lowest BCUT2D eigenvalue weighted by molar-refractivity contribution is 0.686. The minimum Gasteiger partial charge on any atom is -0.368 e. The van der Waals surface area contributed by atoms with Gasteiger partial charge in [0.25, 0.3) is 0 Å². The fraction of sp³-hybridized carbons (Fsp3) is 0.308. The van der Waals surface area contributed by atoms with E-state index in [-0.39, 0.29) is 0 Å². The van der Waals surface area contributed by atoms with Crippen molar-refractivity contribution in [3.8, 4) is 0 Å². The summed E-state index contributed by atoms with van der Waals surface area (Å²) in [4.78, 5) is 4.31. The molecule has 0 aliphatic heterocycles. The van der Waals surface area contributed by atoms with Gasteiger partial charge in [0, 0.05) is 11.6 Å². The maximum absolute atomic E-state index is 6.08. The van der Waals surface area contributed by atoms with Crippen molar-refractivity contribution in [2.75, 3.05) is 17.2 Å². The number of hydrogen-bond donors (Lipinski definition) is 2. The summed E-state index contributed by atoms with van der Waals surface area (Å²) < 4.78 is 0. The van der Waals surface area contributed by atoms with Crippen molar-refractivity contribution >= 4 is 40.7 Å². The Morgan fingerprint density at radius 2 is 2.05 bits per heavy atom. The van der Waals surface area contributed by atoms with Crippen LogP contribution < -0.4 is 10.6 Å². The van der Waals surface area contributed by atoms with E-state index in [0.717, 1.165) is 6.54 Å². The summed E-state index contributed by atoms with van der Waals surface area (Å²) in [6.07, 6.45) is 1.58. The monoisotopic (exact) mass is 311 g/mol. The van der Waals surface area contributed by atoms with Crippen molar-refractivity contribution in [1.29, 1.82) is 0 Å². The summed E-state index contributed by atoms with van der Waals surface area (Å²) in [7, 11) is 0. The molecule has 2 N–H and O–H groups in total. The molecule has 5 nitrogen and oxygen atoms in total. The van der Waals surface area contributed by atoms with E-state index in [1.165, 1.54) is 0 Å². The SMILES string of the molecule is CC(C)CNc1cnnc(Nc2cc(Cl)ccc2Cl)n1. The number of nitrogens with one attached hydrogen (secondary N) is 2. The lowest BCUT2D eigenvalue weighted by Crippen LogP contribution is -2.10. The standard InChI is InChI=1S/C13H15Cl2N5/c1-8(2)6-16-12-7-17-20-13(19-12)18-11-5-9(14)3-4-10(11)15/h3-5,7-8H,6H2,1-2H3,(H2,16,18,19,20). The molecule has 1 heterocycles. The fourth-order valence-electron chi connectivity index (χ4n) is 1.46. The lowest BCUT2D eigenvalue weighted by Gasteiger charge is -2.10. The lowest BCUT2D eigenvalue weighted by atomic mass is 10.2. The molecule has 1 aromatic carbocycles. The third kappa shape index (κ3) is 4.21. The molecular formula is C13H15Cl2N5. The second-order valence-electron chi connectivity index (χ2n) is 4.69. The van der Waals surface area contributed by atoms with E-state index in [1.807, 2.05) is 0 Å². The first-order valence-corrected chi connectivity index (χ1v) is 6.96. The van der Waals surface area contributed by atoms with Crippen LogP contribution in [0, 0.1) is 5.92 Å². The molecule has 0 radical (unpaired) electrons. The Balaban J connectivity index is 2.13. The molecule has 0 bridgehead atoms. The van der Waals surface area contributed by atoms with Crippen molar-refractivity contribution in [1.82, 2.24) is 15.2 Å². The normalized spacial score (nSPS) is 10.7. The highest BCUT2D eigenvalue weighted by atomic mass is 35.5. The minimum atomic E-state index is 0.364. The van der Waals surface area contributed by atoms with Gasteiger partial charge in [-0.1, -0.05) is 37.0 Å². The van der Waals surface area contributed by atoms with E-state index in [4.69, 9.17) is 23.2 Å². The van der Waals surface area contributed by atoms with Gasteiger partial charge in [0.05, 0.1) is 16.9 Å². The summed E-state index contributed by atoms with van der Waals surface area (Å²) in [6.45, 7) is 5.05. The van der Waals surface area contributed by atoms with Crippen LogP contribution in [-0.2, 0) is 0 Å². The number of hydrogen-bond acceptors (Lipinski definition) is 5. The van der Waals surface area contributed by atoms with Gasteiger partial charge in [-0.15, -0.1) is 5.10 Å². The molecular weight excluding hydrogens is 297 g/mol. The zero-order valence-electron chi connectivity index (χ0n) is 11.2. The van der Waals surface area contributed by atoms with Crippen molar-refractivity contribution in [2.24, 2.45) is 5.92 Å². The highest BCUT2D eigenvalue weighted by Gasteiger charge is 2.05. The number of aromatic nitrogens is 3. The van der Waals surface area contributed by atoms with E-state index in [9.17, 15) is 0 Å². The van der Waals surface area contributed by atoms with Gasteiger partial charge < -0.3 is 10.6 Å². The van der Waals surface area contributed by atoms with E-state index in [1.54, 1.807) is 24.4 Å². The molecule has 0 amide bonds. The molecule has 0 fully saturated rings. The van der Waals surface area contributed by atoms with Gasteiger partial charge >= 0.3 is 0 Å². The predicted molar refractivity (Wildman–Crippen MR) is 82.9 cm³/mol. The van der Waals surface area contributed by atoms with Gasteiger partial charge in [-0.05, 0) is 24.1 Å². The van der Waals surface area contributed by atoms with Crippen LogP contribution in [0.5, 0.6) is 0 Å². The number of halogens is 2. The molecule has 0 saturated heterocycles. The minimum absolute atomic E-state index is 0.364. The number of anilines is 3. The van der Waals surface area contributed by atoms with Crippen molar-refractivity contribution in [2.45, 2.75) is 13.8 Å². The quantitative estimate of drug-likeness (QED) is 0.874. The molecule has 0 aliphatic carbocycles. The summed E-state index contributed by atoms with van der Waals surface area (Å²) in [5, 5.41) is 15.1. The van der Waals surface area contributed by atoms with Gasteiger partial charge in [-0.3, -0.25) is 0 Å². The number of benzene rings is 1. The van der Waals surface area contributed by atoms with Crippen LogP contribution in [0.2, 0.25) is 10.0 Å². The van der Waals surface area contributed by atoms with Gasteiger partial charge in [0.15, 0.2) is 5.82 Å². The van der Waals surface area contributed by atoms with Crippen LogP contribution in [0.15, 0.2) is 24.4 Å². The molecule has 0 unspecified atom stereocenters. The van der Waals surface area contributed by atoms with Crippen molar-refractivity contribution in [3.05, 3.63) is 34.4 Å². The smallest absolute Gasteiger partial charge is 0.249 e. The predicted octanol–water partition coefficient (Wildman–Crippen LogP) is 3.99. The Morgan fingerprint density at radius 3 is 2.80 bits per heavy atom. The summed E-state index contributed by atoms with van der Waals surface area (Å²) in [5.74, 6) is 1.54. The Bertz CT molecular complexity index is 589. The molecule has 0 aliphatic rings. The maximum atomic E-state index is 6.08. The van der Waals surface area contributed by atoms with Crippen LogP contribution >= 0.6 is 23.2 Å². The second-order valence-corrected chi connectivity index (χ2v) is 5.53. The molecule has 7 heteroatoms. The topological polar surface area (TPSA) is 62.7 Å². The fourth-order valence-corrected chi connectivity index (χ4v) is 1.80. The highest BCUT2D eigenvalue weighted by molar-refractivity contribution is 6.35. The molecule has 20 heavy (non-hydrogen) atoms. The second kappa shape index (κ2) is 6.72. The Kier molecular flexibility index (Phi) is 4.98. The molecule has 106 valence electrons.